The van der Waals surface area contributed by atoms with Gasteiger partial charge in [0.25, 0.3) is 0 Å². The number of hydrogen-bond donors (Lipinski definition) is 4. The number of nitrogens with zero attached hydrogens (tertiary/aromatic N) is 1. The minimum absolute atomic E-state index is 0.0738. The van der Waals surface area contributed by atoms with E-state index in [-0.39, 0.29) is 30.2 Å². The first-order valence-corrected chi connectivity index (χ1v) is 12.9. The van der Waals surface area contributed by atoms with Gasteiger partial charge in [-0.15, -0.1) is 0 Å². The SMILES string of the molecule is CC.CCCC(C)C(=O)NCC(=O)NC(CCCCNC)C(=O)N(C)CCC.CCCCN. The van der Waals surface area contributed by atoms with Crippen LogP contribution in [0.25, 0.3) is 0 Å². The summed E-state index contributed by atoms with van der Waals surface area (Å²) in [6, 6.07) is -0.541. The lowest BCUT2D eigenvalue weighted by Gasteiger charge is -2.24. The number of rotatable bonds is 16. The Morgan fingerprint density at radius 2 is 1.58 bits per heavy atom. The van der Waals surface area contributed by atoms with Gasteiger partial charge in [-0.3, -0.25) is 14.4 Å². The van der Waals surface area contributed by atoms with Gasteiger partial charge in [-0.2, -0.15) is 0 Å². The molecule has 0 rings (SSSR count). The minimum Gasteiger partial charge on any atom is -0.347 e. The van der Waals surface area contributed by atoms with E-state index in [1.807, 2.05) is 41.7 Å². The largest absolute Gasteiger partial charge is 0.347 e. The van der Waals surface area contributed by atoms with Gasteiger partial charge < -0.3 is 26.6 Å². The van der Waals surface area contributed by atoms with Crippen LogP contribution in [0.5, 0.6) is 0 Å². The molecule has 0 aromatic rings. The molecule has 0 aliphatic rings. The molecule has 8 nitrogen and oxygen atoms in total. The normalized spacial score (nSPS) is 11.7. The fourth-order valence-electron chi connectivity index (χ4n) is 2.97. The molecular formula is C25H55N5O3. The zero-order valence-corrected chi connectivity index (χ0v) is 22.9. The molecule has 0 saturated carbocycles. The van der Waals surface area contributed by atoms with Crippen molar-refractivity contribution in [3.05, 3.63) is 0 Å². The predicted octanol–water partition coefficient (Wildman–Crippen LogP) is 3.05. The van der Waals surface area contributed by atoms with Gasteiger partial charge in [0, 0.05) is 19.5 Å². The summed E-state index contributed by atoms with van der Waals surface area (Å²) in [5.74, 6) is -0.626. The molecule has 0 spiro atoms. The average molecular weight is 474 g/mol. The van der Waals surface area contributed by atoms with Crippen molar-refractivity contribution in [2.75, 3.05) is 40.3 Å². The second kappa shape index (κ2) is 26.6. The van der Waals surface area contributed by atoms with Crippen LogP contribution in [-0.4, -0.2) is 68.9 Å². The molecule has 5 N–H and O–H groups in total. The molecule has 0 aliphatic carbocycles. The van der Waals surface area contributed by atoms with Crippen molar-refractivity contribution in [2.45, 2.75) is 99.0 Å². The van der Waals surface area contributed by atoms with E-state index in [4.69, 9.17) is 5.73 Å². The molecule has 33 heavy (non-hydrogen) atoms. The number of carbonyl (C=O) groups is 3. The van der Waals surface area contributed by atoms with Gasteiger partial charge in [0.2, 0.25) is 17.7 Å². The number of hydrogen-bond acceptors (Lipinski definition) is 5. The first-order valence-electron chi connectivity index (χ1n) is 12.9. The molecule has 2 atom stereocenters. The molecule has 0 radical (unpaired) electrons. The number of carbonyl (C=O) groups excluding carboxylic acids is 3. The van der Waals surface area contributed by atoms with E-state index < -0.39 is 6.04 Å². The third-order valence-electron chi connectivity index (χ3n) is 4.89. The Morgan fingerprint density at radius 3 is 2.03 bits per heavy atom. The number of amides is 3. The van der Waals surface area contributed by atoms with Gasteiger partial charge in [-0.25, -0.2) is 0 Å². The van der Waals surface area contributed by atoms with Crippen molar-refractivity contribution < 1.29 is 14.4 Å². The summed E-state index contributed by atoms with van der Waals surface area (Å²) >= 11 is 0. The molecule has 0 aromatic carbocycles. The molecule has 0 heterocycles. The van der Waals surface area contributed by atoms with Crippen LogP contribution < -0.4 is 21.7 Å². The van der Waals surface area contributed by atoms with E-state index >= 15 is 0 Å². The summed E-state index contributed by atoms with van der Waals surface area (Å²) in [6.07, 6.45) is 7.36. The summed E-state index contributed by atoms with van der Waals surface area (Å²) in [6.45, 7) is 14.3. The van der Waals surface area contributed by atoms with E-state index in [0.717, 1.165) is 45.2 Å². The maximum Gasteiger partial charge on any atom is 0.244 e. The van der Waals surface area contributed by atoms with Crippen LogP contribution in [0, 0.1) is 5.92 Å². The maximum absolute atomic E-state index is 12.6. The van der Waals surface area contributed by atoms with Crippen LogP contribution in [0.1, 0.15) is 92.9 Å². The van der Waals surface area contributed by atoms with Crippen molar-refractivity contribution in [1.82, 2.24) is 20.9 Å². The first-order chi connectivity index (χ1) is 15.8. The van der Waals surface area contributed by atoms with Crippen LogP contribution in [0.2, 0.25) is 0 Å². The molecule has 8 heteroatoms. The zero-order valence-electron chi connectivity index (χ0n) is 22.9. The minimum atomic E-state index is -0.541. The summed E-state index contributed by atoms with van der Waals surface area (Å²) in [4.78, 5) is 38.4. The molecule has 0 aromatic heterocycles. The highest BCUT2D eigenvalue weighted by Crippen LogP contribution is 2.06. The van der Waals surface area contributed by atoms with Crippen molar-refractivity contribution in [1.29, 1.82) is 0 Å². The lowest BCUT2D eigenvalue weighted by molar-refractivity contribution is -0.135. The van der Waals surface area contributed by atoms with Gasteiger partial charge in [-0.1, -0.05) is 54.4 Å². The quantitative estimate of drug-likeness (QED) is 0.257. The fraction of sp³-hybridized carbons (Fsp3) is 0.880. The molecular weight excluding hydrogens is 418 g/mol. The number of unbranched alkanes of at least 4 members (excludes halogenated alkanes) is 2. The highest BCUT2D eigenvalue weighted by molar-refractivity contribution is 5.90. The second-order valence-electron chi connectivity index (χ2n) is 8.03. The van der Waals surface area contributed by atoms with E-state index in [0.29, 0.717) is 13.0 Å². The Morgan fingerprint density at radius 1 is 0.939 bits per heavy atom. The van der Waals surface area contributed by atoms with Crippen molar-refractivity contribution in [2.24, 2.45) is 11.7 Å². The van der Waals surface area contributed by atoms with Gasteiger partial charge in [-0.05, 0) is 58.7 Å². The van der Waals surface area contributed by atoms with E-state index in [1.54, 1.807) is 11.9 Å². The summed E-state index contributed by atoms with van der Waals surface area (Å²) in [7, 11) is 3.65. The Labute approximate surface area is 204 Å². The van der Waals surface area contributed by atoms with Crippen molar-refractivity contribution >= 4 is 17.7 Å². The molecule has 2 unspecified atom stereocenters. The second-order valence-corrected chi connectivity index (χ2v) is 8.03. The van der Waals surface area contributed by atoms with E-state index in [2.05, 4.69) is 22.9 Å². The number of nitrogens with two attached hydrogens (primary N) is 1. The summed E-state index contributed by atoms with van der Waals surface area (Å²) in [5.41, 5.74) is 5.14. The molecule has 0 saturated heterocycles. The molecule has 0 fully saturated rings. The summed E-state index contributed by atoms with van der Waals surface area (Å²) in [5, 5.41) is 8.53. The monoisotopic (exact) mass is 473 g/mol. The van der Waals surface area contributed by atoms with Crippen LogP contribution in [-0.2, 0) is 14.4 Å². The number of nitrogens with one attached hydrogen (secondary N) is 3. The molecule has 0 bridgehead atoms. The summed E-state index contributed by atoms with van der Waals surface area (Å²) < 4.78 is 0. The third-order valence-corrected chi connectivity index (χ3v) is 4.89. The van der Waals surface area contributed by atoms with Gasteiger partial charge in [0.1, 0.15) is 6.04 Å². The highest BCUT2D eigenvalue weighted by Gasteiger charge is 2.23. The van der Waals surface area contributed by atoms with Crippen molar-refractivity contribution in [3.63, 3.8) is 0 Å². The van der Waals surface area contributed by atoms with Crippen LogP contribution in [0.3, 0.4) is 0 Å². The molecule has 3 amide bonds. The smallest absolute Gasteiger partial charge is 0.244 e. The van der Waals surface area contributed by atoms with Crippen molar-refractivity contribution in [3.8, 4) is 0 Å². The Hall–Kier alpha value is -1.67. The van der Waals surface area contributed by atoms with Crippen LogP contribution in [0.4, 0.5) is 0 Å². The first kappa shape index (κ1) is 35.9. The maximum atomic E-state index is 12.6. The highest BCUT2D eigenvalue weighted by atomic mass is 16.2. The Kier molecular flexibility index (Phi) is 28.9. The average Bonchev–Trinajstić information content (AvgIpc) is 2.81. The molecule has 198 valence electrons. The molecule has 0 aliphatic heterocycles. The van der Waals surface area contributed by atoms with E-state index in [1.165, 1.54) is 12.8 Å². The van der Waals surface area contributed by atoms with Crippen LogP contribution in [0.15, 0.2) is 0 Å². The topological polar surface area (TPSA) is 117 Å². The fourth-order valence-corrected chi connectivity index (χ4v) is 2.97. The van der Waals surface area contributed by atoms with Crippen LogP contribution >= 0.6 is 0 Å². The van der Waals surface area contributed by atoms with Gasteiger partial charge >= 0.3 is 0 Å². The zero-order chi connectivity index (χ0) is 26.1. The lowest BCUT2D eigenvalue weighted by atomic mass is 10.1. The van der Waals surface area contributed by atoms with Gasteiger partial charge in [0.15, 0.2) is 0 Å². The van der Waals surface area contributed by atoms with Gasteiger partial charge in [0.05, 0.1) is 6.54 Å². The lowest BCUT2D eigenvalue weighted by Crippen LogP contribution is -2.50. The van der Waals surface area contributed by atoms with E-state index in [9.17, 15) is 14.4 Å². The standard InChI is InChI=1S/C19H38N4O3.C4H11N.C2H6/c1-6-10-15(3)18(25)21-14-17(24)22-16(11-8-9-12-20-4)19(26)23(5)13-7-2;1-2-3-4-5;1-2/h15-16,20H,6-14H2,1-5H3,(H,21,25)(H,22,24);2-5H2,1H3;1-2H3. The Bertz CT molecular complexity index is 473. The predicted molar refractivity (Wildman–Crippen MR) is 140 cm³/mol. The number of likely N-dealkylation sites (N-methyl/N-ethyl adjacent to an activating group) is 1. The third kappa shape index (κ3) is 21.9. The Balaban J connectivity index is -0.00000112.